The number of benzene rings is 2. The highest BCUT2D eigenvalue weighted by Crippen LogP contribution is 2.32. The van der Waals surface area contributed by atoms with Crippen LogP contribution in [0.15, 0.2) is 58.9 Å². The topological polar surface area (TPSA) is 147 Å². The van der Waals surface area contributed by atoms with Crippen molar-refractivity contribution >= 4 is 41.0 Å². The third-order valence-corrected chi connectivity index (χ3v) is 5.28. The van der Waals surface area contributed by atoms with E-state index in [0.29, 0.717) is 11.3 Å². The van der Waals surface area contributed by atoms with Crippen molar-refractivity contribution in [1.82, 2.24) is 5.01 Å². The molecule has 3 amide bonds. The van der Waals surface area contributed by atoms with Crippen molar-refractivity contribution in [2.75, 3.05) is 31.0 Å². The van der Waals surface area contributed by atoms with E-state index in [4.69, 9.17) is 0 Å². The van der Waals surface area contributed by atoms with Gasteiger partial charge in [-0.2, -0.15) is 5.11 Å². The van der Waals surface area contributed by atoms with Gasteiger partial charge in [0, 0.05) is 5.69 Å². The van der Waals surface area contributed by atoms with Gasteiger partial charge in [-0.1, -0.05) is 11.3 Å². The number of methoxy groups -OCH3 is 2. The Kier molecular flexibility index (Phi) is 6.04. The van der Waals surface area contributed by atoms with Crippen LogP contribution in [0.5, 0.6) is 0 Å². The number of ether oxygens (including phenoxy) is 2. The Balaban J connectivity index is 1.45. The molecule has 1 N–H and O–H groups in total. The highest BCUT2D eigenvalue weighted by atomic mass is 16.5. The number of esters is 2. The van der Waals surface area contributed by atoms with Gasteiger partial charge in [0.2, 0.25) is 5.91 Å². The van der Waals surface area contributed by atoms with Crippen LogP contribution in [0.1, 0.15) is 20.7 Å². The molecular weight excluding hydrogens is 446 g/mol. The number of nitrogens with one attached hydrogen (secondary N) is 1. The molecule has 1 saturated heterocycles. The Morgan fingerprint density at radius 3 is 2.29 bits per heavy atom. The van der Waals surface area contributed by atoms with Crippen LogP contribution in [0.25, 0.3) is 0 Å². The summed E-state index contributed by atoms with van der Waals surface area (Å²) in [6.45, 7) is -0.335. The van der Waals surface area contributed by atoms with E-state index in [1.54, 1.807) is 0 Å². The first-order valence-electron chi connectivity index (χ1n) is 10.1. The summed E-state index contributed by atoms with van der Waals surface area (Å²) in [6, 6.07) is 9.76. The van der Waals surface area contributed by atoms with Crippen LogP contribution >= 0.6 is 0 Å². The third-order valence-electron chi connectivity index (χ3n) is 5.28. The molecule has 0 radical (unpaired) electrons. The predicted octanol–water partition coefficient (Wildman–Crippen LogP) is 1.19. The first kappa shape index (κ1) is 22.6. The second-order valence-electron chi connectivity index (χ2n) is 7.36. The Labute approximate surface area is 193 Å². The summed E-state index contributed by atoms with van der Waals surface area (Å²) >= 11 is 0. The SMILES string of the molecule is COC(=O)c1ccc(NC(=O)CN2N=NC3C(=O)N(c4cccc(C(=O)OC)c4)C(=O)C32)cc1. The maximum atomic E-state index is 13.1. The lowest BCUT2D eigenvalue weighted by atomic mass is 10.1. The minimum atomic E-state index is -1.10. The normalized spacial score (nSPS) is 18.6. The fourth-order valence-corrected chi connectivity index (χ4v) is 3.65. The van der Waals surface area contributed by atoms with Gasteiger partial charge in [0.15, 0.2) is 12.1 Å². The van der Waals surface area contributed by atoms with Gasteiger partial charge in [-0.25, -0.2) is 14.5 Å². The van der Waals surface area contributed by atoms with E-state index >= 15 is 0 Å². The Morgan fingerprint density at radius 1 is 0.941 bits per heavy atom. The van der Waals surface area contributed by atoms with E-state index in [2.05, 4.69) is 25.1 Å². The molecule has 2 unspecified atom stereocenters. The molecule has 34 heavy (non-hydrogen) atoms. The quantitative estimate of drug-likeness (QED) is 0.494. The van der Waals surface area contributed by atoms with E-state index in [-0.39, 0.29) is 17.8 Å². The van der Waals surface area contributed by atoms with Crippen molar-refractivity contribution in [3.8, 4) is 0 Å². The highest BCUT2D eigenvalue weighted by Gasteiger charge is 2.55. The highest BCUT2D eigenvalue weighted by molar-refractivity contribution is 6.25. The van der Waals surface area contributed by atoms with Crippen molar-refractivity contribution in [3.05, 3.63) is 59.7 Å². The number of rotatable bonds is 6. The molecule has 0 aliphatic carbocycles. The predicted molar refractivity (Wildman–Crippen MR) is 116 cm³/mol. The van der Waals surface area contributed by atoms with Gasteiger partial charge < -0.3 is 14.8 Å². The van der Waals surface area contributed by atoms with E-state index < -0.39 is 41.7 Å². The van der Waals surface area contributed by atoms with Crippen molar-refractivity contribution in [2.45, 2.75) is 12.1 Å². The lowest BCUT2D eigenvalue weighted by Gasteiger charge is -2.20. The molecule has 2 aliphatic heterocycles. The number of hydrogen-bond donors (Lipinski definition) is 1. The molecule has 0 aromatic heterocycles. The zero-order chi connectivity index (χ0) is 24.4. The van der Waals surface area contributed by atoms with Crippen molar-refractivity contribution in [1.29, 1.82) is 0 Å². The summed E-state index contributed by atoms with van der Waals surface area (Å²) in [5, 5.41) is 11.5. The molecule has 0 saturated carbocycles. The van der Waals surface area contributed by atoms with Crippen molar-refractivity contribution in [2.24, 2.45) is 10.3 Å². The van der Waals surface area contributed by atoms with Crippen molar-refractivity contribution in [3.63, 3.8) is 0 Å². The van der Waals surface area contributed by atoms with Crippen molar-refractivity contribution < 1.29 is 33.4 Å². The minimum Gasteiger partial charge on any atom is -0.465 e. The summed E-state index contributed by atoms with van der Waals surface area (Å²) in [5.41, 5.74) is 1.11. The molecule has 2 atom stereocenters. The number of nitrogens with zero attached hydrogens (tertiary/aromatic N) is 4. The fourth-order valence-electron chi connectivity index (χ4n) is 3.65. The minimum absolute atomic E-state index is 0.175. The maximum Gasteiger partial charge on any atom is 0.337 e. The van der Waals surface area contributed by atoms with Gasteiger partial charge >= 0.3 is 11.9 Å². The Bertz CT molecular complexity index is 1210. The molecule has 2 aromatic rings. The van der Waals surface area contributed by atoms with Crippen LogP contribution < -0.4 is 10.2 Å². The summed E-state index contributed by atoms with van der Waals surface area (Å²) in [6.07, 6.45) is 0. The zero-order valence-electron chi connectivity index (χ0n) is 18.1. The molecule has 174 valence electrons. The fraction of sp³-hybridized carbons (Fsp3) is 0.227. The summed E-state index contributed by atoms with van der Waals surface area (Å²) < 4.78 is 9.31. The summed E-state index contributed by atoms with van der Waals surface area (Å²) in [5.74, 6) is -2.85. The standard InChI is InChI=1S/C22H19N5O7/c1-33-21(31)12-6-8-14(9-7-12)23-16(28)11-26-18-17(24-25-26)19(29)27(20(18)30)15-5-3-4-13(10-15)22(32)34-2/h3-10,17-18H,11H2,1-2H3,(H,23,28). The van der Waals surface area contributed by atoms with E-state index in [9.17, 15) is 24.0 Å². The molecule has 2 heterocycles. The van der Waals surface area contributed by atoms with E-state index in [0.717, 1.165) is 9.91 Å². The second-order valence-corrected chi connectivity index (χ2v) is 7.36. The van der Waals surface area contributed by atoms with Gasteiger partial charge in [0.1, 0.15) is 6.54 Å². The first-order chi connectivity index (χ1) is 16.3. The number of carbonyl (C=O) groups is 5. The molecule has 0 spiro atoms. The number of imide groups is 1. The van der Waals surface area contributed by atoms with Crippen LogP contribution in [0.3, 0.4) is 0 Å². The largest absolute Gasteiger partial charge is 0.465 e. The smallest absolute Gasteiger partial charge is 0.337 e. The Morgan fingerprint density at radius 2 is 1.62 bits per heavy atom. The summed E-state index contributed by atoms with van der Waals surface area (Å²) in [7, 11) is 2.49. The molecule has 12 heteroatoms. The molecule has 2 aliphatic rings. The average molecular weight is 465 g/mol. The number of hydrogen-bond acceptors (Lipinski definition) is 10. The third kappa shape index (κ3) is 4.08. The van der Waals surface area contributed by atoms with Gasteiger partial charge in [-0.3, -0.25) is 19.4 Å². The molecule has 2 aromatic carbocycles. The lowest BCUT2D eigenvalue weighted by Crippen LogP contribution is -2.43. The van der Waals surface area contributed by atoms with Crippen LogP contribution in [0.2, 0.25) is 0 Å². The number of fused-ring (bicyclic) bond motifs is 1. The molecule has 12 nitrogen and oxygen atoms in total. The van der Waals surface area contributed by atoms with Gasteiger partial charge in [0.05, 0.1) is 31.0 Å². The molecular formula is C22H19N5O7. The van der Waals surface area contributed by atoms with Gasteiger partial charge in [-0.05, 0) is 42.5 Å². The van der Waals surface area contributed by atoms with E-state index in [1.165, 1.54) is 62.8 Å². The number of anilines is 2. The average Bonchev–Trinajstić information content (AvgIpc) is 3.37. The lowest BCUT2D eigenvalue weighted by molar-refractivity contribution is -0.123. The van der Waals surface area contributed by atoms with Gasteiger partial charge in [-0.15, -0.1) is 0 Å². The van der Waals surface area contributed by atoms with E-state index in [1.807, 2.05) is 0 Å². The molecule has 4 rings (SSSR count). The summed E-state index contributed by atoms with van der Waals surface area (Å²) in [4.78, 5) is 62.7. The van der Waals surface area contributed by atoms with Gasteiger partial charge in [0.25, 0.3) is 11.8 Å². The maximum absolute atomic E-state index is 13.1. The number of amides is 3. The first-order valence-corrected chi connectivity index (χ1v) is 10.1. The van der Waals surface area contributed by atoms with Crippen LogP contribution in [-0.4, -0.2) is 67.5 Å². The van der Waals surface area contributed by atoms with Crippen LogP contribution in [0, 0.1) is 0 Å². The van der Waals surface area contributed by atoms with Crippen LogP contribution in [-0.2, 0) is 23.9 Å². The monoisotopic (exact) mass is 465 g/mol. The number of carbonyl (C=O) groups excluding carboxylic acids is 5. The molecule has 1 fully saturated rings. The Hall–Kier alpha value is -4.61. The molecule has 0 bridgehead atoms. The zero-order valence-corrected chi connectivity index (χ0v) is 18.1. The van der Waals surface area contributed by atoms with Crippen LogP contribution in [0.4, 0.5) is 11.4 Å². The second kappa shape index (κ2) is 9.10.